The zero-order valence-corrected chi connectivity index (χ0v) is 32.2. The van der Waals surface area contributed by atoms with E-state index in [0.717, 1.165) is 74.3 Å². The van der Waals surface area contributed by atoms with Crippen molar-refractivity contribution in [3.8, 4) is 5.88 Å². The number of nitrogens with one attached hydrogen (secondary N) is 1. The Bertz CT molecular complexity index is 2090. The molecule has 1 saturated heterocycles. The molecule has 8 rings (SSSR count). The van der Waals surface area contributed by atoms with E-state index in [9.17, 15) is 18.6 Å². The van der Waals surface area contributed by atoms with E-state index in [1.165, 1.54) is 29.1 Å². The molecule has 53 heavy (non-hydrogen) atoms. The van der Waals surface area contributed by atoms with E-state index in [1.807, 2.05) is 25.1 Å². The van der Waals surface area contributed by atoms with Gasteiger partial charge in [-0.1, -0.05) is 30.7 Å². The molecular weight excluding hydrogens is 714 g/mol. The highest BCUT2D eigenvalue weighted by molar-refractivity contribution is 7.92. The lowest BCUT2D eigenvalue weighted by Gasteiger charge is -2.47. The van der Waals surface area contributed by atoms with Crippen molar-refractivity contribution in [2.75, 3.05) is 30.9 Å². The fraction of sp³-hybridized carbons (Fsp3) is 0.550. The van der Waals surface area contributed by atoms with Crippen LogP contribution in [-0.2, 0) is 44.8 Å². The molecule has 1 saturated carbocycles. The van der Waals surface area contributed by atoms with Crippen LogP contribution in [0.2, 0.25) is 5.02 Å². The highest BCUT2D eigenvalue weighted by atomic mass is 35.5. The minimum atomic E-state index is -3.61. The summed E-state index contributed by atoms with van der Waals surface area (Å²) >= 11 is 6.49. The van der Waals surface area contributed by atoms with Gasteiger partial charge in [0.05, 0.1) is 19.3 Å². The monoisotopic (exact) mass is 761 g/mol. The van der Waals surface area contributed by atoms with Crippen LogP contribution >= 0.6 is 11.6 Å². The van der Waals surface area contributed by atoms with Gasteiger partial charge in [0.2, 0.25) is 5.88 Å². The summed E-state index contributed by atoms with van der Waals surface area (Å²) in [5, 5.41) is 4.92. The SMILES string of the molecule is COc1nn(C)cc1C(=O)N[S@@]1(=O)=NC(=O)c2ccc3c(c2)N(C[C@@H]2CC[C@H]2[C@H]2OC(=O)C[C@@H]2CC[C@H](C)C1)C[C@@]1(CCCc2cc(Cl)ccc21)CC3. The van der Waals surface area contributed by atoms with Gasteiger partial charge in [0, 0.05) is 59.9 Å². The fourth-order valence-corrected chi connectivity index (χ4v) is 11.9. The average Bonchev–Trinajstić information content (AvgIpc) is 3.63. The van der Waals surface area contributed by atoms with Gasteiger partial charge < -0.3 is 14.4 Å². The molecule has 1 N–H and O–H groups in total. The lowest BCUT2D eigenvalue weighted by Crippen LogP contribution is -2.49. The summed E-state index contributed by atoms with van der Waals surface area (Å²) in [6.45, 7) is 3.53. The summed E-state index contributed by atoms with van der Waals surface area (Å²) in [6, 6.07) is 12.1. The third kappa shape index (κ3) is 6.97. The molecule has 282 valence electrons. The third-order valence-electron chi connectivity index (χ3n) is 12.5. The molecule has 0 unspecified atom stereocenters. The number of amides is 2. The van der Waals surface area contributed by atoms with Crippen molar-refractivity contribution in [1.29, 1.82) is 0 Å². The van der Waals surface area contributed by atoms with Gasteiger partial charge in [0.1, 0.15) is 21.6 Å². The van der Waals surface area contributed by atoms with E-state index in [1.54, 1.807) is 13.1 Å². The Morgan fingerprint density at radius 1 is 1.06 bits per heavy atom. The van der Waals surface area contributed by atoms with Gasteiger partial charge in [0.25, 0.3) is 11.8 Å². The van der Waals surface area contributed by atoms with E-state index in [2.05, 4.69) is 31.2 Å². The molecule has 2 amide bonds. The number of halogens is 1. The minimum Gasteiger partial charge on any atom is -0.479 e. The number of benzene rings is 2. The van der Waals surface area contributed by atoms with Gasteiger partial charge in [-0.25, -0.2) is 4.21 Å². The molecule has 2 aromatic carbocycles. The molecule has 1 aromatic heterocycles. The van der Waals surface area contributed by atoms with Crippen LogP contribution in [0.25, 0.3) is 0 Å². The largest absolute Gasteiger partial charge is 0.479 e. The van der Waals surface area contributed by atoms with Crippen LogP contribution in [0, 0.1) is 23.7 Å². The number of rotatable bonds is 3. The number of nitrogens with zero attached hydrogens (tertiary/aromatic N) is 4. The first-order valence-corrected chi connectivity index (χ1v) is 21.0. The van der Waals surface area contributed by atoms with Crippen molar-refractivity contribution in [1.82, 2.24) is 14.5 Å². The highest BCUT2D eigenvalue weighted by Crippen LogP contribution is 2.49. The smallest absolute Gasteiger partial charge is 0.306 e. The maximum atomic E-state index is 14.7. The van der Waals surface area contributed by atoms with Gasteiger partial charge in [-0.2, -0.15) is 0 Å². The molecular formula is C40H48ClN5O6S. The molecule has 1 spiro atoms. The zero-order valence-electron chi connectivity index (χ0n) is 30.6. The van der Waals surface area contributed by atoms with Crippen LogP contribution in [0.15, 0.2) is 47.0 Å². The predicted molar refractivity (Wildman–Crippen MR) is 203 cm³/mol. The lowest BCUT2D eigenvalue weighted by molar-refractivity contribution is -0.146. The standard InChI is InChI=1S/C40H48ClN5O6S/c1-24-6-7-27-19-35(47)52-36(27)31-12-10-29(31)20-46-23-40(15-4-5-26-17-30(41)11-13-33(26)40)16-14-25-8-9-28(18-34(25)46)37(48)43-53(50,22-24)44-38(49)32-21-45(2)42-39(32)51-3/h8-9,11,13,17-18,21,24,27,29,31,36H,4-7,10,12,14-16,19-20,22-23H2,1-3H3,(H,43,44,48,49,50)/t24-,27-,29-,31+,36-,40+,53-/m0/s1. The quantitative estimate of drug-likeness (QED) is 0.302. The first-order valence-electron chi connectivity index (χ1n) is 19.0. The molecule has 2 bridgehead atoms. The van der Waals surface area contributed by atoms with Gasteiger partial charge in [-0.15, -0.1) is 9.46 Å². The zero-order chi connectivity index (χ0) is 37.1. The number of hydrogen-bond donors (Lipinski definition) is 1. The summed E-state index contributed by atoms with van der Waals surface area (Å²) in [7, 11) is -0.546. The molecule has 5 aliphatic rings. The molecule has 4 heterocycles. The van der Waals surface area contributed by atoms with E-state index < -0.39 is 21.7 Å². The van der Waals surface area contributed by atoms with Crippen LogP contribution in [0.4, 0.5) is 5.69 Å². The molecule has 13 heteroatoms. The summed E-state index contributed by atoms with van der Waals surface area (Å²) in [4.78, 5) is 43.0. The Morgan fingerprint density at radius 2 is 1.89 bits per heavy atom. The molecule has 2 fully saturated rings. The topological polar surface area (TPSA) is 132 Å². The average molecular weight is 762 g/mol. The Balaban J connectivity index is 1.21. The van der Waals surface area contributed by atoms with Crippen LogP contribution in [-0.4, -0.2) is 63.8 Å². The molecule has 0 radical (unpaired) electrons. The normalized spacial score (nSPS) is 31.2. The summed E-state index contributed by atoms with van der Waals surface area (Å²) in [6.07, 6.45) is 10.1. The minimum absolute atomic E-state index is 0.0334. The maximum absolute atomic E-state index is 14.7. The Hall–Kier alpha value is -3.90. The van der Waals surface area contributed by atoms with E-state index in [4.69, 9.17) is 21.1 Å². The maximum Gasteiger partial charge on any atom is 0.306 e. The Morgan fingerprint density at radius 3 is 2.68 bits per heavy atom. The summed E-state index contributed by atoms with van der Waals surface area (Å²) < 4.78 is 34.5. The highest BCUT2D eigenvalue weighted by Gasteiger charge is 2.48. The third-order valence-corrected chi connectivity index (χ3v) is 14.8. The van der Waals surface area contributed by atoms with Gasteiger partial charge >= 0.3 is 5.97 Å². The second-order valence-corrected chi connectivity index (χ2v) is 18.6. The Labute approximate surface area is 316 Å². The number of carbonyl (C=O) groups excluding carboxylic acids is 3. The summed E-state index contributed by atoms with van der Waals surface area (Å²) in [5.74, 6) is -0.945. The second kappa shape index (κ2) is 14.1. The van der Waals surface area contributed by atoms with Crippen molar-refractivity contribution in [2.45, 2.75) is 82.7 Å². The predicted octanol–water partition coefficient (Wildman–Crippen LogP) is 6.45. The number of esters is 1. The van der Waals surface area contributed by atoms with E-state index in [-0.39, 0.29) is 52.4 Å². The molecule has 7 atom stereocenters. The van der Waals surface area contributed by atoms with Gasteiger partial charge in [-0.05, 0) is 111 Å². The number of aromatic nitrogens is 2. The first-order chi connectivity index (χ1) is 25.4. The van der Waals surface area contributed by atoms with Crippen molar-refractivity contribution in [3.63, 3.8) is 0 Å². The fourth-order valence-electron chi connectivity index (χ4n) is 9.83. The molecule has 3 aliphatic heterocycles. The number of methoxy groups -OCH3 is 1. The number of aryl methyl sites for hydroxylation is 3. The number of hydrogen-bond acceptors (Lipinski definition) is 8. The van der Waals surface area contributed by atoms with E-state index >= 15 is 0 Å². The van der Waals surface area contributed by atoms with Crippen LogP contribution in [0.3, 0.4) is 0 Å². The van der Waals surface area contributed by atoms with Crippen molar-refractivity contribution < 1.29 is 28.1 Å². The molecule has 3 aromatic rings. The van der Waals surface area contributed by atoms with Crippen LogP contribution < -0.4 is 14.4 Å². The van der Waals surface area contributed by atoms with Crippen molar-refractivity contribution >= 4 is 45.0 Å². The summed E-state index contributed by atoms with van der Waals surface area (Å²) in [5.41, 5.74) is 5.17. The number of ether oxygens (including phenoxy) is 2. The number of anilines is 1. The number of fused-ring (bicyclic) bond motifs is 6. The number of carbonyl (C=O) groups is 3. The van der Waals surface area contributed by atoms with Crippen LogP contribution in [0.1, 0.15) is 95.7 Å². The Kier molecular flexibility index (Phi) is 9.58. The molecule has 2 aliphatic carbocycles. The first kappa shape index (κ1) is 36.1. The van der Waals surface area contributed by atoms with Crippen molar-refractivity contribution in [2.24, 2.45) is 35.1 Å². The van der Waals surface area contributed by atoms with Gasteiger partial charge in [-0.3, -0.25) is 23.8 Å². The lowest BCUT2D eigenvalue weighted by atomic mass is 9.66. The second-order valence-electron chi connectivity index (χ2n) is 16.1. The molecule has 11 nitrogen and oxygen atoms in total. The van der Waals surface area contributed by atoms with Crippen molar-refractivity contribution in [3.05, 3.63) is 75.4 Å². The van der Waals surface area contributed by atoms with Crippen LogP contribution in [0.5, 0.6) is 5.88 Å². The van der Waals surface area contributed by atoms with E-state index in [0.29, 0.717) is 30.7 Å². The van der Waals surface area contributed by atoms with Gasteiger partial charge in [0.15, 0.2) is 0 Å².